The lowest BCUT2D eigenvalue weighted by Crippen LogP contribution is -2.11. The second-order valence-electron chi connectivity index (χ2n) is 16.3. The van der Waals surface area contributed by atoms with E-state index in [1.807, 2.05) is 12.1 Å². The van der Waals surface area contributed by atoms with Crippen molar-refractivity contribution >= 4 is 49.8 Å². The van der Waals surface area contributed by atoms with Crippen molar-refractivity contribution in [1.82, 2.24) is 0 Å². The van der Waals surface area contributed by atoms with Crippen LogP contribution in [0.3, 0.4) is 0 Å². The molecule has 0 N–H and O–H groups in total. The fourth-order valence-corrected chi connectivity index (χ4v) is 9.69. The molecule has 1 heterocycles. The first-order valence-corrected chi connectivity index (χ1v) is 21.4. The standard InChI is InChI=1S/C58H45NO/c1-3-14-40(15-4-1)41-28-30-42(31-29-41)43-32-35-48(36-33-43)59(49-21-11-20-46(38-49)47-34-37-57-54(39-47)52-23-8-10-27-56(52)60-57)55-26-9-7-22-51(55)53-25-13-19-45-18-12-24-50(58(45)53)44-16-5-2-6-17-44/h1,3-4,7-15,18-39,44H,2,5-6,16-17H2. The van der Waals surface area contributed by atoms with Crippen molar-refractivity contribution in [2.24, 2.45) is 0 Å². The monoisotopic (exact) mass is 771 g/mol. The molecule has 1 saturated carbocycles. The number of furan rings is 1. The summed E-state index contributed by atoms with van der Waals surface area (Å²) in [5.74, 6) is 0.586. The highest BCUT2D eigenvalue weighted by molar-refractivity contribution is 6.07. The van der Waals surface area contributed by atoms with Crippen LogP contribution in [0.2, 0.25) is 0 Å². The Morgan fingerprint density at radius 3 is 1.77 bits per heavy atom. The molecule has 0 unspecified atom stereocenters. The molecule has 1 aliphatic rings. The van der Waals surface area contributed by atoms with Crippen molar-refractivity contribution in [2.75, 3.05) is 4.90 Å². The van der Waals surface area contributed by atoms with E-state index in [2.05, 4.69) is 199 Å². The number of anilines is 3. The Kier molecular flexibility index (Phi) is 9.32. The molecule has 0 bridgehead atoms. The Morgan fingerprint density at radius 1 is 0.383 bits per heavy atom. The van der Waals surface area contributed by atoms with E-state index in [1.54, 1.807) is 0 Å². The number of benzene rings is 9. The van der Waals surface area contributed by atoms with E-state index in [0.29, 0.717) is 5.92 Å². The Labute approximate surface area is 352 Å². The summed E-state index contributed by atoms with van der Waals surface area (Å²) in [5.41, 5.74) is 16.3. The summed E-state index contributed by atoms with van der Waals surface area (Å²) in [6, 6.07) is 75.3. The first-order chi connectivity index (χ1) is 29.7. The average Bonchev–Trinajstić information content (AvgIpc) is 3.70. The second kappa shape index (κ2) is 15.5. The molecule has 0 radical (unpaired) electrons. The molecule has 2 nitrogen and oxygen atoms in total. The molecule has 1 fully saturated rings. The lowest BCUT2D eigenvalue weighted by atomic mass is 9.80. The van der Waals surface area contributed by atoms with Gasteiger partial charge in [-0.25, -0.2) is 0 Å². The molecule has 288 valence electrons. The second-order valence-corrected chi connectivity index (χ2v) is 16.3. The van der Waals surface area contributed by atoms with Crippen LogP contribution in [-0.4, -0.2) is 0 Å². The third kappa shape index (κ3) is 6.65. The van der Waals surface area contributed by atoms with Crippen LogP contribution in [0.4, 0.5) is 17.1 Å². The van der Waals surface area contributed by atoms with Crippen molar-refractivity contribution in [3.63, 3.8) is 0 Å². The molecule has 60 heavy (non-hydrogen) atoms. The van der Waals surface area contributed by atoms with Crippen LogP contribution < -0.4 is 4.90 Å². The maximum Gasteiger partial charge on any atom is 0.135 e. The number of hydrogen-bond donors (Lipinski definition) is 0. The summed E-state index contributed by atoms with van der Waals surface area (Å²) in [7, 11) is 0. The molecule has 0 aliphatic heterocycles. The largest absolute Gasteiger partial charge is 0.456 e. The third-order valence-corrected chi connectivity index (χ3v) is 12.7. The summed E-state index contributed by atoms with van der Waals surface area (Å²) < 4.78 is 6.21. The quantitative estimate of drug-likeness (QED) is 0.153. The Bertz CT molecular complexity index is 3110. The van der Waals surface area contributed by atoms with E-state index in [0.717, 1.165) is 50.1 Å². The molecule has 2 heteroatoms. The number of fused-ring (bicyclic) bond motifs is 4. The number of rotatable bonds is 8. The molecular formula is C58H45NO. The number of para-hydroxylation sites is 2. The fourth-order valence-electron chi connectivity index (χ4n) is 9.69. The zero-order valence-corrected chi connectivity index (χ0v) is 33.6. The van der Waals surface area contributed by atoms with E-state index in [-0.39, 0.29) is 0 Å². The van der Waals surface area contributed by atoms with Crippen molar-refractivity contribution in [3.05, 3.63) is 212 Å². The van der Waals surface area contributed by atoms with E-state index in [1.165, 1.54) is 81.8 Å². The Hall–Kier alpha value is -7.16. The predicted molar refractivity (Wildman–Crippen MR) is 253 cm³/mol. The van der Waals surface area contributed by atoms with Gasteiger partial charge in [0.15, 0.2) is 0 Å². The SMILES string of the molecule is c1ccc(-c2ccc(-c3ccc(N(c4cccc(-c5ccc6oc7ccccc7c6c5)c4)c4ccccc4-c4cccc5cccc(C6CCCCC6)c45)cc3)cc2)cc1. The van der Waals surface area contributed by atoms with Crippen LogP contribution in [0, 0.1) is 0 Å². The van der Waals surface area contributed by atoms with Crippen molar-refractivity contribution < 1.29 is 4.42 Å². The van der Waals surface area contributed by atoms with Gasteiger partial charge in [-0.3, -0.25) is 0 Å². The number of nitrogens with zero attached hydrogens (tertiary/aromatic N) is 1. The van der Waals surface area contributed by atoms with Crippen LogP contribution in [0.5, 0.6) is 0 Å². The van der Waals surface area contributed by atoms with Gasteiger partial charge in [0, 0.05) is 27.7 Å². The maximum atomic E-state index is 6.21. The first kappa shape index (κ1) is 36.0. The summed E-state index contributed by atoms with van der Waals surface area (Å²) >= 11 is 0. The van der Waals surface area contributed by atoms with Crippen LogP contribution >= 0.6 is 0 Å². The number of hydrogen-bond acceptors (Lipinski definition) is 2. The van der Waals surface area contributed by atoms with Gasteiger partial charge < -0.3 is 9.32 Å². The normalized spacial score (nSPS) is 13.3. The zero-order chi connectivity index (χ0) is 39.8. The highest BCUT2D eigenvalue weighted by Gasteiger charge is 2.23. The van der Waals surface area contributed by atoms with Crippen LogP contribution in [0.25, 0.3) is 77.2 Å². The lowest BCUT2D eigenvalue weighted by Gasteiger charge is -2.29. The average molecular weight is 772 g/mol. The van der Waals surface area contributed by atoms with Crippen LogP contribution in [0.1, 0.15) is 43.6 Å². The van der Waals surface area contributed by atoms with E-state index in [4.69, 9.17) is 4.42 Å². The lowest BCUT2D eigenvalue weighted by molar-refractivity contribution is 0.445. The molecule has 0 spiro atoms. The van der Waals surface area contributed by atoms with Gasteiger partial charge in [-0.05, 0) is 123 Å². The molecule has 0 atom stereocenters. The molecule has 1 aliphatic carbocycles. The van der Waals surface area contributed by atoms with Gasteiger partial charge in [0.1, 0.15) is 11.2 Å². The zero-order valence-electron chi connectivity index (χ0n) is 33.6. The van der Waals surface area contributed by atoms with Gasteiger partial charge in [0.2, 0.25) is 0 Å². The van der Waals surface area contributed by atoms with Gasteiger partial charge in [-0.2, -0.15) is 0 Å². The Morgan fingerprint density at radius 2 is 0.967 bits per heavy atom. The summed E-state index contributed by atoms with van der Waals surface area (Å²) in [6.07, 6.45) is 6.47. The van der Waals surface area contributed by atoms with Gasteiger partial charge in [-0.1, -0.05) is 177 Å². The minimum atomic E-state index is 0.586. The summed E-state index contributed by atoms with van der Waals surface area (Å²) in [6.45, 7) is 0. The molecule has 9 aromatic carbocycles. The molecule has 0 saturated heterocycles. The molecular weight excluding hydrogens is 727 g/mol. The van der Waals surface area contributed by atoms with E-state index >= 15 is 0 Å². The Balaban J connectivity index is 1.05. The van der Waals surface area contributed by atoms with Crippen molar-refractivity contribution in [2.45, 2.75) is 38.0 Å². The smallest absolute Gasteiger partial charge is 0.135 e. The fraction of sp³-hybridized carbons (Fsp3) is 0.103. The van der Waals surface area contributed by atoms with Gasteiger partial charge in [-0.15, -0.1) is 0 Å². The highest BCUT2D eigenvalue weighted by atomic mass is 16.3. The van der Waals surface area contributed by atoms with E-state index in [9.17, 15) is 0 Å². The molecule has 1 aromatic heterocycles. The summed E-state index contributed by atoms with van der Waals surface area (Å²) in [5, 5.41) is 4.97. The van der Waals surface area contributed by atoms with Crippen molar-refractivity contribution in [1.29, 1.82) is 0 Å². The maximum absolute atomic E-state index is 6.21. The molecule has 0 amide bonds. The summed E-state index contributed by atoms with van der Waals surface area (Å²) in [4.78, 5) is 2.45. The predicted octanol–water partition coefficient (Wildman–Crippen LogP) is 16.9. The highest BCUT2D eigenvalue weighted by Crippen LogP contribution is 2.46. The minimum Gasteiger partial charge on any atom is -0.456 e. The van der Waals surface area contributed by atoms with E-state index < -0.39 is 0 Å². The topological polar surface area (TPSA) is 16.4 Å². The van der Waals surface area contributed by atoms with Gasteiger partial charge in [0.05, 0.1) is 5.69 Å². The van der Waals surface area contributed by atoms with Gasteiger partial charge in [0.25, 0.3) is 0 Å². The first-order valence-electron chi connectivity index (χ1n) is 21.4. The molecule has 10 aromatic rings. The van der Waals surface area contributed by atoms with Crippen LogP contribution in [-0.2, 0) is 0 Å². The third-order valence-electron chi connectivity index (χ3n) is 12.7. The minimum absolute atomic E-state index is 0.586. The van der Waals surface area contributed by atoms with Crippen LogP contribution in [0.15, 0.2) is 211 Å². The molecule has 11 rings (SSSR count). The van der Waals surface area contributed by atoms with Crippen molar-refractivity contribution in [3.8, 4) is 44.5 Å². The van der Waals surface area contributed by atoms with Gasteiger partial charge >= 0.3 is 0 Å².